The fraction of sp³-hybridized carbons (Fsp3) is 0.600. The fourth-order valence-electron chi connectivity index (χ4n) is 1.61. The first-order valence-electron chi connectivity index (χ1n) is 6.51. The van der Waals surface area contributed by atoms with Crippen LogP contribution in [0.1, 0.15) is 38.8 Å². The van der Waals surface area contributed by atoms with Crippen molar-refractivity contribution in [3.63, 3.8) is 0 Å². The molecule has 0 aliphatic heterocycles. The maximum atomic E-state index is 3.61. The van der Waals surface area contributed by atoms with Crippen molar-refractivity contribution in [2.24, 2.45) is 0 Å². The molecule has 0 radical (unpaired) electrons. The largest absolute Gasteiger partial charge is 0.311 e. The van der Waals surface area contributed by atoms with Crippen LogP contribution in [0.25, 0.3) is 0 Å². The Morgan fingerprint density at radius 3 is 2.50 bits per heavy atom. The van der Waals surface area contributed by atoms with E-state index in [9.17, 15) is 0 Å². The van der Waals surface area contributed by atoms with E-state index in [1.807, 2.05) is 0 Å². The highest BCUT2D eigenvalue weighted by Crippen LogP contribution is 2.18. The first-order chi connectivity index (χ1) is 8.28. The summed E-state index contributed by atoms with van der Waals surface area (Å²) in [5.41, 5.74) is 2.77. The lowest BCUT2D eigenvalue weighted by Crippen LogP contribution is -2.44. The average molecular weight is 313 g/mol. The second-order valence-electron chi connectivity index (χ2n) is 6.01. The van der Waals surface area contributed by atoms with E-state index < -0.39 is 0 Å². The Bertz CT molecular complexity index is 383. The molecule has 0 amide bonds. The Balaban J connectivity index is 2.40. The molecular formula is C15H25BrN2. The number of benzene rings is 1. The molecule has 1 atom stereocenters. The standard InChI is InChI=1S/C15H25BrN2/c1-11-6-7-13(14(16)8-11)10-17-12(2)9-18-15(3,4)5/h6-8,12,17-18H,9-10H2,1-5H3. The summed E-state index contributed by atoms with van der Waals surface area (Å²) in [4.78, 5) is 0. The maximum absolute atomic E-state index is 3.61. The lowest BCUT2D eigenvalue weighted by molar-refractivity contribution is 0.387. The number of nitrogens with one attached hydrogen (secondary N) is 2. The van der Waals surface area contributed by atoms with E-state index in [1.165, 1.54) is 15.6 Å². The van der Waals surface area contributed by atoms with E-state index in [0.29, 0.717) is 6.04 Å². The molecule has 0 aromatic heterocycles. The van der Waals surface area contributed by atoms with E-state index in [4.69, 9.17) is 0 Å². The van der Waals surface area contributed by atoms with Gasteiger partial charge in [-0.05, 0) is 51.8 Å². The predicted octanol–water partition coefficient (Wildman–Crippen LogP) is 3.62. The van der Waals surface area contributed by atoms with E-state index >= 15 is 0 Å². The van der Waals surface area contributed by atoms with Crippen LogP contribution in [0.2, 0.25) is 0 Å². The smallest absolute Gasteiger partial charge is 0.0222 e. The van der Waals surface area contributed by atoms with Crippen molar-refractivity contribution in [3.05, 3.63) is 33.8 Å². The Morgan fingerprint density at radius 2 is 1.94 bits per heavy atom. The van der Waals surface area contributed by atoms with Gasteiger partial charge in [-0.3, -0.25) is 0 Å². The fourth-order valence-corrected chi connectivity index (χ4v) is 2.24. The molecule has 0 heterocycles. The molecule has 3 heteroatoms. The molecule has 0 aliphatic rings. The van der Waals surface area contributed by atoms with Crippen molar-refractivity contribution in [3.8, 4) is 0 Å². The normalized spacial score (nSPS) is 13.7. The van der Waals surface area contributed by atoms with Gasteiger partial charge in [0.25, 0.3) is 0 Å². The van der Waals surface area contributed by atoms with E-state index in [1.54, 1.807) is 0 Å². The number of hydrogen-bond acceptors (Lipinski definition) is 2. The third-order valence-corrected chi connectivity index (χ3v) is 3.53. The van der Waals surface area contributed by atoms with Crippen molar-refractivity contribution in [1.82, 2.24) is 10.6 Å². The molecule has 1 aromatic carbocycles. The Morgan fingerprint density at radius 1 is 1.28 bits per heavy atom. The van der Waals surface area contributed by atoms with Gasteiger partial charge in [0.05, 0.1) is 0 Å². The van der Waals surface area contributed by atoms with Gasteiger partial charge in [-0.15, -0.1) is 0 Å². The van der Waals surface area contributed by atoms with Gasteiger partial charge in [-0.1, -0.05) is 28.1 Å². The van der Waals surface area contributed by atoms with Crippen molar-refractivity contribution in [1.29, 1.82) is 0 Å². The molecule has 18 heavy (non-hydrogen) atoms. The van der Waals surface area contributed by atoms with Crippen LogP contribution in [0.5, 0.6) is 0 Å². The molecule has 0 spiro atoms. The van der Waals surface area contributed by atoms with Crippen molar-refractivity contribution in [2.45, 2.75) is 52.7 Å². The molecule has 0 aliphatic carbocycles. The summed E-state index contributed by atoms with van der Waals surface area (Å²) in [5.74, 6) is 0. The van der Waals surface area contributed by atoms with Gasteiger partial charge in [0.2, 0.25) is 0 Å². The van der Waals surface area contributed by atoms with Gasteiger partial charge < -0.3 is 10.6 Å². The summed E-state index contributed by atoms with van der Waals surface area (Å²) < 4.78 is 1.19. The summed E-state index contributed by atoms with van der Waals surface area (Å²) in [6.45, 7) is 12.8. The highest BCUT2D eigenvalue weighted by atomic mass is 79.9. The van der Waals surface area contributed by atoms with Gasteiger partial charge in [0, 0.05) is 29.1 Å². The van der Waals surface area contributed by atoms with Gasteiger partial charge in [-0.25, -0.2) is 0 Å². The zero-order valence-corrected chi connectivity index (χ0v) is 13.7. The number of halogens is 1. The van der Waals surface area contributed by atoms with Crippen LogP contribution in [0.15, 0.2) is 22.7 Å². The molecule has 1 unspecified atom stereocenters. The van der Waals surface area contributed by atoms with Gasteiger partial charge >= 0.3 is 0 Å². The predicted molar refractivity (Wildman–Crippen MR) is 82.9 cm³/mol. The molecular weight excluding hydrogens is 288 g/mol. The highest BCUT2D eigenvalue weighted by molar-refractivity contribution is 9.10. The minimum atomic E-state index is 0.181. The van der Waals surface area contributed by atoms with Crippen LogP contribution in [-0.4, -0.2) is 18.1 Å². The number of hydrogen-bond donors (Lipinski definition) is 2. The minimum absolute atomic E-state index is 0.181. The lowest BCUT2D eigenvalue weighted by atomic mass is 10.1. The van der Waals surface area contributed by atoms with Crippen LogP contribution < -0.4 is 10.6 Å². The monoisotopic (exact) mass is 312 g/mol. The molecule has 0 saturated carbocycles. The molecule has 102 valence electrons. The van der Waals surface area contributed by atoms with Crippen LogP contribution in [0.3, 0.4) is 0 Å². The van der Waals surface area contributed by atoms with E-state index in [-0.39, 0.29) is 5.54 Å². The Labute approximate surface area is 120 Å². The Kier molecular flexibility index (Phi) is 5.83. The molecule has 2 N–H and O–H groups in total. The van der Waals surface area contributed by atoms with Crippen LogP contribution in [-0.2, 0) is 6.54 Å². The number of aryl methyl sites for hydroxylation is 1. The molecule has 0 bridgehead atoms. The third kappa shape index (κ3) is 5.98. The first kappa shape index (κ1) is 15.7. The molecule has 0 fully saturated rings. The zero-order valence-electron chi connectivity index (χ0n) is 12.1. The minimum Gasteiger partial charge on any atom is -0.311 e. The number of rotatable bonds is 5. The summed E-state index contributed by atoms with van der Waals surface area (Å²) >= 11 is 3.61. The Hall–Kier alpha value is -0.380. The van der Waals surface area contributed by atoms with Gasteiger partial charge in [0.15, 0.2) is 0 Å². The molecule has 1 rings (SSSR count). The van der Waals surface area contributed by atoms with E-state index in [0.717, 1.165) is 13.1 Å². The van der Waals surface area contributed by atoms with Gasteiger partial charge in [-0.2, -0.15) is 0 Å². The second kappa shape index (κ2) is 6.69. The summed E-state index contributed by atoms with van der Waals surface area (Å²) in [6, 6.07) is 6.95. The average Bonchev–Trinajstić information content (AvgIpc) is 2.24. The van der Waals surface area contributed by atoms with Crippen LogP contribution >= 0.6 is 15.9 Å². The van der Waals surface area contributed by atoms with E-state index in [2.05, 4.69) is 79.4 Å². The third-order valence-electron chi connectivity index (χ3n) is 2.79. The summed E-state index contributed by atoms with van der Waals surface area (Å²) in [6.07, 6.45) is 0. The summed E-state index contributed by atoms with van der Waals surface area (Å²) in [7, 11) is 0. The zero-order chi connectivity index (χ0) is 13.8. The highest BCUT2D eigenvalue weighted by Gasteiger charge is 2.11. The van der Waals surface area contributed by atoms with Crippen molar-refractivity contribution in [2.75, 3.05) is 6.54 Å². The van der Waals surface area contributed by atoms with Crippen LogP contribution in [0.4, 0.5) is 0 Å². The molecule has 1 aromatic rings. The van der Waals surface area contributed by atoms with Gasteiger partial charge in [0.1, 0.15) is 0 Å². The SMILES string of the molecule is Cc1ccc(CNC(C)CNC(C)(C)C)c(Br)c1. The molecule has 0 saturated heterocycles. The molecule has 2 nitrogen and oxygen atoms in total. The van der Waals surface area contributed by atoms with Crippen molar-refractivity contribution < 1.29 is 0 Å². The summed E-state index contributed by atoms with van der Waals surface area (Å²) in [5, 5.41) is 7.05. The lowest BCUT2D eigenvalue weighted by Gasteiger charge is -2.24. The quantitative estimate of drug-likeness (QED) is 0.867. The van der Waals surface area contributed by atoms with Crippen LogP contribution in [0, 0.1) is 6.92 Å². The first-order valence-corrected chi connectivity index (χ1v) is 7.30. The second-order valence-corrected chi connectivity index (χ2v) is 6.86. The topological polar surface area (TPSA) is 24.1 Å². The van der Waals surface area contributed by atoms with Crippen molar-refractivity contribution >= 4 is 15.9 Å². The maximum Gasteiger partial charge on any atom is 0.0222 e.